The van der Waals surface area contributed by atoms with E-state index in [0.29, 0.717) is 26.2 Å². The predicted octanol–water partition coefficient (Wildman–Crippen LogP) is 2.39. The van der Waals surface area contributed by atoms with Gasteiger partial charge < -0.3 is 20.1 Å². The van der Waals surface area contributed by atoms with Gasteiger partial charge in [0.15, 0.2) is 5.96 Å². The van der Waals surface area contributed by atoms with Crippen molar-refractivity contribution in [3.8, 4) is 0 Å². The molecule has 2 unspecified atom stereocenters. The van der Waals surface area contributed by atoms with Crippen molar-refractivity contribution in [2.45, 2.75) is 62.7 Å². The van der Waals surface area contributed by atoms with Gasteiger partial charge in [0, 0.05) is 32.8 Å². The number of ether oxygens (including phenoxy) is 2. The number of sulfonamides is 1. The van der Waals surface area contributed by atoms with Crippen molar-refractivity contribution in [3.63, 3.8) is 0 Å². The molecule has 2 saturated heterocycles. The maximum absolute atomic E-state index is 12.5. The van der Waals surface area contributed by atoms with Crippen LogP contribution in [-0.4, -0.2) is 58.9 Å². The number of nitrogens with zero attached hydrogens (tertiary/aromatic N) is 1. The molecule has 0 aliphatic carbocycles. The smallest absolute Gasteiger partial charge is 0.240 e. The molecule has 3 N–H and O–H groups in total. The molecule has 8 nitrogen and oxygen atoms in total. The Bertz CT molecular complexity index is 805. The zero-order valence-corrected chi connectivity index (χ0v) is 21.5. The van der Waals surface area contributed by atoms with Crippen LogP contribution in [0, 0.1) is 0 Å². The zero-order valence-electron chi connectivity index (χ0n) is 18.4. The van der Waals surface area contributed by atoms with Crippen LogP contribution in [0.15, 0.2) is 34.2 Å². The van der Waals surface area contributed by atoms with Gasteiger partial charge >= 0.3 is 0 Å². The van der Waals surface area contributed by atoms with Crippen LogP contribution in [0.25, 0.3) is 0 Å². The Hall–Kier alpha value is -0.950. The average molecular weight is 567 g/mol. The Morgan fingerprint density at radius 3 is 2.58 bits per heavy atom. The fraction of sp³-hybridized carbons (Fsp3) is 0.667. The number of nitrogens with one attached hydrogen (secondary N) is 3. The van der Waals surface area contributed by atoms with Crippen LogP contribution in [-0.2, 0) is 26.0 Å². The number of aliphatic imine (C=N–C) groups is 1. The molecule has 0 spiro atoms. The first kappa shape index (κ1) is 26.3. The Morgan fingerprint density at radius 2 is 1.97 bits per heavy atom. The van der Waals surface area contributed by atoms with Gasteiger partial charge in [0.05, 0.1) is 23.1 Å². The largest absolute Gasteiger partial charge is 0.377 e. The summed E-state index contributed by atoms with van der Waals surface area (Å²) < 4.78 is 38.9. The quantitative estimate of drug-likeness (QED) is 0.241. The third-order valence-electron chi connectivity index (χ3n) is 5.45. The minimum absolute atomic E-state index is 0. The third kappa shape index (κ3) is 8.16. The van der Waals surface area contributed by atoms with Crippen LogP contribution in [0.2, 0.25) is 0 Å². The maximum Gasteiger partial charge on any atom is 0.240 e. The molecule has 176 valence electrons. The fourth-order valence-electron chi connectivity index (χ4n) is 3.62. The van der Waals surface area contributed by atoms with Gasteiger partial charge in [-0.15, -0.1) is 24.0 Å². The molecule has 2 atom stereocenters. The average Bonchev–Trinajstić information content (AvgIpc) is 3.41. The van der Waals surface area contributed by atoms with Crippen molar-refractivity contribution in [1.29, 1.82) is 0 Å². The van der Waals surface area contributed by atoms with Crippen molar-refractivity contribution in [1.82, 2.24) is 15.4 Å². The number of hydrogen-bond donors (Lipinski definition) is 3. The molecule has 0 amide bonds. The molecule has 1 aromatic carbocycles. The molecular weight excluding hydrogens is 531 g/mol. The summed E-state index contributed by atoms with van der Waals surface area (Å²) in [6.45, 7) is 7.88. The van der Waals surface area contributed by atoms with E-state index in [1.807, 2.05) is 6.92 Å². The monoisotopic (exact) mass is 566 g/mol. The molecule has 2 fully saturated rings. The van der Waals surface area contributed by atoms with Crippen LogP contribution in [0.1, 0.15) is 45.1 Å². The van der Waals surface area contributed by atoms with Gasteiger partial charge in [-0.2, -0.15) is 0 Å². The van der Waals surface area contributed by atoms with Crippen molar-refractivity contribution >= 4 is 40.0 Å². The van der Waals surface area contributed by atoms with E-state index in [9.17, 15) is 8.42 Å². The minimum atomic E-state index is -3.53. The lowest BCUT2D eigenvalue weighted by Gasteiger charge is -2.24. The highest BCUT2D eigenvalue weighted by molar-refractivity contribution is 14.0. The number of rotatable bonds is 9. The summed E-state index contributed by atoms with van der Waals surface area (Å²) in [5.74, 6) is 0.726. The maximum atomic E-state index is 12.5. The fourth-order valence-corrected chi connectivity index (χ4v) is 4.69. The Morgan fingerprint density at radius 1 is 1.19 bits per heavy atom. The molecule has 3 rings (SSSR count). The summed E-state index contributed by atoms with van der Waals surface area (Å²) in [4.78, 5) is 4.87. The molecular formula is C21H35IN4O4S. The molecule has 0 saturated carbocycles. The van der Waals surface area contributed by atoms with Crippen molar-refractivity contribution in [2.24, 2.45) is 4.99 Å². The van der Waals surface area contributed by atoms with Gasteiger partial charge in [0.1, 0.15) is 0 Å². The van der Waals surface area contributed by atoms with E-state index in [1.165, 1.54) is 0 Å². The number of hydrogen-bond acceptors (Lipinski definition) is 5. The molecule has 2 aliphatic rings. The Balaban J connectivity index is 0.00000341. The van der Waals surface area contributed by atoms with E-state index in [2.05, 4.69) is 27.3 Å². The van der Waals surface area contributed by atoms with Crippen LogP contribution in [0.4, 0.5) is 0 Å². The normalized spacial score (nSPS) is 24.1. The van der Waals surface area contributed by atoms with Crippen LogP contribution in [0.3, 0.4) is 0 Å². The lowest BCUT2D eigenvalue weighted by molar-refractivity contribution is 0.0243. The second kappa shape index (κ2) is 12.3. The number of halogens is 1. The first-order chi connectivity index (χ1) is 14.4. The SMILES string of the molecule is CCNC(=NCc1ccc(S(=O)(=O)NCC2CCCO2)cc1)NCC1(C)CCCO1.I. The zero-order chi connectivity index (χ0) is 21.5. The predicted molar refractivity (Wildman–Crippen MR) is 132 cm³/mol. The second-order valence-electron chi connectivity index (χ2n) is 8.08. The highest BCUT2D eigenvalue weighted by Gasteiger charge is 2.29. The van der Waals surface area contributed by atoms with Crippen LogP contribution < -0.4 is 15.4 Å². The van der Waals surface area contributed by atoms with E-state index < -0.39 is 10.0 Å². The van der Waals surface area contributed by atoms with Gasteiger partial charge in [-0.1, -0.05) is 12.1 Å². The van der Waals surface area contributed by atoms with Crippen LogP contribution in [0.5, 0.6) is 0 Å². The third-order valence-corrected chi connectivity index (χ3v) is 6.89. The summed E-state index contributed by atoms with van der Waals surface area (Å²) in [7, 11) is -3.53. The first-order valence-corrected chi connectivity index (χ1v) is 12.2. The summed E-state index contributed by atoms with van der Waals surface area (Å²) >= 11 is 0. The van der Waals surface area contributed by atoms with E-state index >= 15 is 0 Å². The van der Waals surface area contributed by atoms with Gasteiger partial charge in [0.2, 0.25) is 10.0 Å². The summed E-state index contributed by atoms with van der Waals surface area (Å²) in [5.41, 5.74) is 0.788. The molecule has 10 heteroatoms. The summed E-state index contributed by atoms with van der Waals surface area (Å²) in [6.07, 6.45) is 3.98. The molecule has 0 aromatic heterocycles. The molecule has 0 bridgehead atoms. The van der Waals surface area contributed by atoms with Gasteiger partial charge in [0.25, 0.3) is 0 Å². The van der Waals surface area contributed by atoms with E-state index in [1.54, 1.807) is 24.3 Å². The first-order valence-electron chi connectivity index (χ1n) is 10.8. The van der Waals surface area contributed by atoms with Crippen molar-refractivity contribution in [3.05, 3.63) is 29.8 Å². The summed E-state index contributed by atoms with van der Waals surface area (Å²) in [6, 6.07) is 6.84. The summed E-state index contributed by atoms with van der Waals surface area (Å²) in [5, 5.41) is 6.59. The molecule has 2 aliphatic heterocycles. The lowest BCUT2D eigenvalue weighted by atomic mass is 10.0. The van der Waals surface area contributed by atoms with E-state index in [4.69, 9.17) is 9.47 Å². The van der Waals surface area contributed by atoms with Crippen LogP contribution >= 0.6 is 24.0 Å². The second-order valence-corrected chi connectivity index (χ2v) is 9.85. The van der Waals surface area contributed by atoms with Gasteiger partial charge in [-0.05, 0) is 57.2 Å². The highest BCUT2D eigenvalue weighted by Crippen LogP contribution is 2.23. The van der Waals surface area contributed by atoms with Gasteiger partial charge in [-0.25, -0.2) is 18.1 Å². The Labute approximate surface area is 203 Å². The van der Waals surface area contributed by atoms with Gasteiger partial charge in [-0.3, -0.25) is 0 Å². The van der Waals surface area contributed by atoms with E-state index in [-0.39, 0.29) is 40.6 Å². The Kier molecular flexibility index (Phi) is 10.5. The molecule has 0 radical (unpaired) electrons. The van der Waals surface area contributed by atoms with Crippen molar-refractivity contribution in [2.75, 3.05) is 32.8 Å². The van der Waals surface area contributed by atoms with E-state index in [0.717, 1.165) is 50.4 Å². The number of guanidine groups is 1. The minimum Gasteiger partial charge on any atom is -0.377 e. The molecule has 1 aromatic rings. The standard InChI is InChI=1S/C21H34N4O4S.HI/c1-3-22-20(24-16-21(2)11-5-13-29-21)23-14-17-7-9-19(10-8-17)30(26,27)25-15-18-6-4-12-28-18;/h7-10,18,25H,3-6,11-16H2,1-2H3,(H2,22,23,24);1H. The molecule has 31 heavy (non-hydrogen) atoms. The highest BCUT2D eigenvalue weighted by atomic mass is 127. The lowest BCUT2D eigenvalue weighted by Crippen LogP contribution is -2.45. The topological polar surface area (TPSA) is 101 Å². The number of benzene rings is 1. The van der Waals surface area contributed by atoms with Crippen molar-refractivity contribution < 1.29 is 17.9 Å². The molecule has 2 heterocycles.